The molecule has 6 N–H and O–H groups in total. The molecule has 1 heterocycles. The highest BCUT2D eigenvalue weighted by molar-refractivity contribution is 7.97. The monoisotopic (exact) mass is 567 g/mol. The molecule has 0 unspecified atom stereocenters. The summed E-state index contributed by atoms with van der Waals surface area (Å²) in [5.41, 5.74) is 16.4. The van der Waals surface area contributed by atoms with Gasteiger partial charge in [0.25, 0.3) is 0 Å². The number of nitrogens with zero attached hydrogens (tertiary/aromatic N) is 1. The topological polar surface area (TPSA) is 91.2 Å². The first kappa shape index (κ1) is 28.5. The van der Waals surface area contributed by atoms with Crippen LogP contribution >= 0.6 is 35.1 Å². The minimum absolute atomic E-state index is 0.00770. The Labute approximate surface area is 240 Å². The predicted molar refractivity (Wildman–Crippen MR) is 163 cm³/mol. The van der Waals surface area contributed by atoms with Crippen molar-refractivity contribution < 1.29 is 0 Å². The van der Waals surface area contributed by atoms with Gasteiger partial charge in [-0.15, -0.1) is 0 Å². The summed E-state index contributed by atoms with van der Waals surface area (Å²) in [5.74, 6) is 0.765. The van der Waals surface area contributed by atoms with Crippen LogP contribution in [0.15, 0.2) is 83.9 Å². The van der Waals surface area contributed by atoms with Gasteiger partial charge in [-0.3, -0.25) is 10.1 Å². The third-order valence-corrected chi connectivity index (χ3v) is 8.80. The average Bonchev–Trinajstić information content (AvgIpc) is 2.93. The highest BCUT2D eigenvalue weighted by Crippen LogP contribution is 2.35. The molecule has 200 valence electrons. The molecule has 5 nitrogen and oxygen atoms in total. The lowest BCUT2D eigenvalue weighted by molar-refractivity contribution is 0.210. The number of piperidine rings is 1. The van der Waals surface area contributed by atoms with E-state index in [9.17, 15) is 0 Å². The third-order valence-electron chi connectivity index (χ3n) is 7.09. The maximum atomic E-state index is 7.83. The van der Waals surface area contributed by atoms with Crippen LogP contribution in [-0.4, -0.2) is 36.4 Å². The molecular formula is C30H35Cl2N5S. The number of nitrogens with one attached hydrogen (secondary N) is 2. The average molecular weight is 569 g/mol. The van der Waals surface area contributed by atoms with Gasteiger partial charge in [0.2, 0.25) is 0 Å². The Morgan fingerprint density at radius 1 is 1.08 bits per heavy atom. The Kier molecular flexibility index (Phi) is 10.2. The highest BCUT2D eigenvalue weighted by Gasteiger charge is 2.24. The summed E-state index contributed by atoms with van der Waals surface area (Å²) in [6, 6.07) is 21.8. The first-order chi connectivity index (χ1) is 18.4. The molecule has 0 bridgehead atoms. The first-order valence-electron chi connectivity index (χ1n) is 12.9. The van der Waals surface area contributed by atoms with Crippen molar-refractivity contribution in [1.29, 1.82) is 5.41 Å². The lowest BCUT2D eigenvalue weighted by Crippen LogP contribution is -2.41. The van der Waals surface area contributed by atoms with Crippen LogP contribution < -0.4 is 16.2 Å². The second kappa shape index (κ2) is 13.5. The van der Waals surface area contributed by atoms with Crippen LogP contribution in [0.25, 0.3) is 11.1 Å². The van der Waals surface area contributed by atoms with Crippen LogP contribution in [-0.2, 0) is 6.42 Å². The Morgan fingerprint density at radius 3 is 2.55 bits per heavy atom. The fourth-order valence-corrected chi connectivity index (χ4v) is 6.13. The van der Waals surface area contributed by atoms with Crippen LogP contribution in [0.4, 0.5) is 0 Å². The highest BCUT2D eigenvalue weighted by atomic mass is 35.5. The number of amidine groups is 1. The maximum Gasteiger partial charge on any atom is 0.122 e. The van der Waals surface area contributed by atoms with E-state index in [0.717, 1.165) is 78.2 Å². The van der Waals surface area contributed by atoms with Crippen molar-refractivity contribution in [3.63, 3.8) is 0 Å². The first-order valence-corrected chi connectivity index (χ1v) is 14.5. The molecule has 0 amide bonds. The smallest absolute Gasteiger partial charge is 0.122 e. The van der Waals surface area contributed by atoms with E-state index in [4.69, 9.17) is 40.1 Å². The zero-order chi connectivity index (χ0) is 27.1. The molecule has 8 heteroatoms. The largest absolute Gasteiger partial charge is 0.384 e. The third kappa shape index (κ3) is 7.33. The SMILES string of the molecule is C=C([C@H](Cc1cccc(C(=N)N)c1)NSc1cccc(-c2cccc(Cl)c2Cl)c1)N1CCC(CCN)CC1. The van der Waals surface area contributed by atoms with Crippen LogP contribution in [0.2, 0.25) is 10.0 Å². The van der Waals surface area contributed by atoms with Gasteiger partial charge >= 0.3 is 0 Å². The van der Waals surface area contributed by atoms with E-state index in [1.165, 1.54) is 0 Å². The Balaban J connectivity index is 1.52. The van der Waals surface area contributed by atoms with E-state index < -0.39 is 0 Å². The van der Waals surface area contributed by atoms with E-state index in [1.807, 2.05) is 42.5 Å². The van der Waals surface area contributed by atoms with Crippen LogP contribution in [0.1, 0.15) is 30.4 Å². The van der Waals surface area contributed by atoms with Crippen molar-refractivity contribution in [3.05, 3.63) is 100 Å². The summed E-state index contributed by atoms with van der Waals surface area (Å²) in [7, 11) is 0. The molecule has 1 fully saturated rings. The van der Waals surface area contributed by atoms with Crippen molar-refractivity contribution >= 4 is 41.0 Å². The maximum absolute atomic E-state index is 7.83. The fraction of sp³-hybridized carbons (Fsp3) is 0.300. The summed E-state index contributed by atoms with van der Waals surface area (Å²) >= 11 is 14.3. The number of halogens is 2. The molecule has 1 saturated heterocycles. The van der Waals surface area contributed by atoms with Gasteiger partial charge in [-0.05, 0) is 85.5 Å². The second-order valence-electron chi connectivity index (χ2n) is 9.72. The predicted octanol–water partition coefficient (Wildman–Crippen LogP) is 6.73. The molecule has 1 atom stereocenters. The van der Waals surface area contributed by atoms with Crippen LogP contribution in [0, 0.1) is 11.3 Å². The molecule has 1 aliphatic heterocycles. The zero-order valence-electron chi connectivity index (χ0n) is 21.4. The number of rotatable bonds is 11. The minimum atomic E-state index is -0.00770. The normalized spacial score (nSPS) is 14.9. The van der Waals surface area contributed by atoms with Gasteiger partial charge in [-0.25, -0.2) is 0 Å². The molecule has 1 aliphatic rings. The van der Waals surface area contributed by atoms with Gasteiger partial charge in [0.05, 0.1) is 16.1 Å². The van der Waals surface area contributed by atoms with Gasteiger partial charge in [-0.2, -0.15) is 0 Å². The van der Waals surface area contributed by atoms with E-state index in [2.05, 4.69) is 34.4 Å². The van der Waals surface area contributed by atoms with Crippen molar-refractivity contribution in [3.8, 4) is 11.1 Å². The van der Waals surface area contributed by atoms with E-state index in [0.29, 0.717) is 16.0 Å². The van der Waals surface area contributed by atoms with Crippen LogP contribution in [0.3, 0.4) is 0 Å². The molecule has 0 aliphatic carbocycles. The Bertz CT molecular complexity index is 1270. The van der Waals surface area contributed by atoms with E-state index >= 15 is 0 Å². The second-order valence-corrected chi connectivity index (χ2v) is 11.4. The molecular weight excluding hydrogens is 533 g/mol. The Morgan fingerprint density at radius 2 is 1.82 bits per heavy atom. The van der Waals surface area contributed by atoms with Gasteiger partial charge in [0.1, 0.15) is 5.84 Å². The van der Waals surface area contributed by atoms with E-state index in [1.54, 1.807) is 18.0 Å². The van der Waals surface area contributed by atoms with Gasteiger partial charge in [0.15, 0.2) is 0 Å². The van der Waals surface area contributed by atoms with Crippen molar-refractivity contribution in [2.45, 2.75) is 36.6 Å². The fourth-order valence-electron chi connectivity index (χ4n) is 4.89. The minimum Gasteiger partial charge on any atom is -0.384 e. The summed E-state index contributed by atoms with van der Waals surface area (Å²) in [5, 5.41) is 8.93. The number of benzene rings is 3. The molecule has 0 saturated carbocycles. The van der Waals surface area contributed by atoms with Crippen molar-refractivity contribution in [2.75, 3.05) is 19.6 Å². The van der Waals surface area contributed by atoms with Gasteiger partial charge in [0, 0.05) is 34.8 Å². The molecule has 0 radical (unpaired) electrons. The summed E-state index contributed by atoms with van der Waals surface area (Å²) in [4.78, 5) is 3.47. The Hall–Kier alpha value is -2.48. The molecule has 4 rings (SSSR count). The van der Waals surface area contributed by atoms with Crippen molar-refractivity contribution in [1.82, 2.24) is 9.62 Å². The summed E-state index contributed by atoms with van der Waals surface area (Å²) < 4.78 is 3.68. The van der Waals surface area contributed by atoms with Gasteiger partial charge < -0.3 is 16.4 Å². The number of likely N-dealkylation sites (tertiary alicyclic amines) is 1. The summed E-state index contributed by atoms with van der Waals surface area (Å²) in [6.07, 6.45) is 4.09. The zero-order valence-corrected chi connectivity index (χ0v) is 23.8. The lowest BCUT2D eigenvalue weighted by atomic mass is 9.92. The van der Waals surface area contributed by atoms with E-state index in [-0.39, 0.29) is 11.9 Å². The standard InChI is InChI=1S/C30H35Cl2N5S/c1-20(37-15-12-21(11-14-33)13-16-37)28(18-22-5-2-7-24(17-22)30(34)35)36-38-25-8-3-6-23(19-25)26-9-4-10-27(31)29(26)32/h2-10,17,19,21,28,36H,1,11-16,18,33H2,(H3,34,35)/t28-/m0/s1. The molecule has 3 aromatic carbocycles. The molecule has 0 aromatic heterocycles. The van der Waals surface area contributed by atoms with Gasteiger partial charge in [-0.1, -0.05) is 72.2 Å². The molecule has 0 spiro atoms. The van der Waals surface area contributed by atoms with Crippen molar-refractivity contribution in [2.24, 2.45) is 17.4 Å². The van der Waals surface area contributed by atoms with Crippen LogP contribution in [0.5, 0.6) is 0 Å². The number of hydrogen-bond acceptors (Lipinski definition) is 5. The molecule has 38 heavy (non-hydrogen) atoms. The number of nitrogens with two attached hydrogens (primary N) is 2. The lowest BCUT2D eigenvalue weighted by Gasteiger charge is -2.37. The number of nitrogen functional groups attached to an aromatic ring is 1. The summed E-state index contributed by atoms with van der Waals surface area (Å²) in [6.45, 7) is 7.25. The quantitative estimate of drug-likeness (QED) is 0.117. The number of hydrogen-bond donors (Lipinski definition) is 4. The molecule has 3 aromatic rings.